The molecule has 1 aromatic carbocycles. The molecule has 0 unspecified atom stereocenters. The number of nitrogens with zero attached hydrogens (tertiary/aromatic N) is 1. The van der Waals surface area contributed by atoms with Crippen LogP contribution in [0.25, 0.3) is 0 Å². The lowest BCUT2D eigenvalue weighted by molar-refractivity contribution is -0.127. The van der Waals surface area contributed by atoms with Crippen LogP contribution >= 0.6 is 0 Å². The van der Waals surface area contributed by atoms with Gasteiger partial charge in [-0.15, -0.1) is 0 Å². The fourth-order valence-corrected chi connectivity index (χ4v) is 2.62. The molecule has 1 N–H and O–H groups in total. The molecule has 0 atom stereocenters. The fourth-order valence-electron chi connectivity index (χ4n) is 2.62. The van der Waals surface area contributed by atoms with Crippen LogP contribution < -0.4 is 10.1 Å². The average molecular weight is 306 g/mol. The van der Waals surface area contributed by atoms with Crippen molar-refractivity contribution < 1.29 is 14.3 Å². The minimum atomic E-state index is -0.176. The first-order chi connectivity index (χ1) is 10.5. The highest BCUT2D eigenvalue weighted by Gasteiger charge is 2.27. The highest BCUT2D eigenvalue weighted by molar-refractivity contribution is 5.78. The molecule has 1 fully saturated rings. The van der Waals surface area contributed by atoms with Crippen LogP contribution in [0.2, 0.25) is 0 Å². The number of carbonyl (C=O) groups is 1. The summed E-state index contributed by atoms with van der Waals surface area (Å²) in [6, 6.07) is 7.81. The number of hydrogen-bond acceptors (Lipinski definition) is 4. The molecule has 1 saturated heterocycles. The second-order valence-corrected chi connectivity index (χ2v) is 6.18. The van der Waals surface area contributed by atoms with Crippen molar-refractivity contribution in [2.75, 3.05) is 32.8 Å². The van der Waals surface area contributed by atoms with E-state index in [1.165, 1.54) is 0 Å². The summed E-state index contributed by atoms with van der Waals surface area (Å²) in [5, 5.41) is 2.97. The van der Waals surface area contributed by atoms with E-state index >= 15 is 0 Å². The van der Waals surface area contributed by atoms with Crippen LogP contribution in [0.3, 0.4) is 0 Å². The smallest absolute Gasteiger partial charge is 0.234 e. The van der Waals surface area contributed by atoms with Crippen molar-refractivity contribution in [2.24, 2.45) is 0 Å². The third-order valence-electron chi connectivity index (χ3n) is 3.57. The lowest BCUT2D eigenvalue weighted by Crippen LogP contribution is -2.51. The van der Waals surface area contributed by atoms with Crippen LogP contribution in [0.15, 0.2) is 24.3 Å². The van der Waals surface area contributed by atoms with Gasteiger partial charge in [-0.05, 0) is 38.5 Å². The number of benzene rings is 1. The van der Waals surface area contributed by atoms with Crippen LogP contribution in [-0.2, 0) is 16.1 Å². The maximum Gasteiger partial charge on any atom is 0.234 e. The predicted molar refractivity (Wildman–Crippen MR) is 85.9 cm³/mol. The molecule has 0 radical (unpaired) electrons. The Bertz CT molecular complexity index is 502. The molecule has 1 aliphatic rings. The average Bonchev–Trinajstić information content (AvgIpc) is 2.45. The van der Waals surface area contributed by atoms with Gasteiger partial charge in [0.25, 0.3) is 0 Å². The first-order valence-electron chi connectivity index (χ1n) is 7.83. The molecular formula is C17H26N2O3. The molecule has 1 aliphatic heterocycles. The van der Waals surface area contributed by atoms with Gasteiger partial charge in [-0.2, -0.15) is 0 Å². The molecule has 1 heterocycles. The third kappa shape index (κ3) is 5.31. The molecule has 2 rings (SSSR count). The van der Waals surface area contributed by atoms with Gasteiger partial charge < -0.3 is 14.8 Å². The Balaban J connectivity index is 1.79. The van der Waals surface area contributed by atoms with E-state index in [-0.39, 0.29) is 11.5 Å². The standard InChI is InChI=1S/C17H26N2O3/c1-4-21-15-7-5-6-14(10-15)11-18-16(20)12-19-8-9-22-17(2,3)13-19/h5-7,10H,4,8-9,11-13H2,1-3H3,(H,18,20). The van der Waals surface area contributed by atoms with E-state index in [1.807, 2.05) is 31.2 Å². The number of morpholine rings is 1. The van der Waals surface area contributed by atoms with Gasteiger partial charge in [0.05, 0.1) is 25.4 Å². The second kappa shape index (κ2) is 7.61. The normalized spacial score (nSPS) is 18.0. The van der Waals surface area contributed by atoms with E-state index in [0.29, 0.717) is 26.3 Å². The third-order valence-corrected chi connectivity index (χ3v) is 3.57. The zero-order valence-corrected chi connectivity index (χ0v) is 13.7. The van der Waals surface area contributed by atoms with Gasteiger partial charge in [0, 0.05) is 19.6 Å². The molecule has 0 bridgehead atoms. The fraction of sp³-hybridized carbons (Fsp3) is 0.588. The molecule has 0 aromatic heterocycles. The Labute approximate surface area is 132 Å². The predicted octanol–water partition coefficient (Wildman–Crippen LogP) is 1.81. The Morgan fingerprint density at radius 2 is 2.27 bits per heavy atom. The largest absolute Gasteiger partial charge is 0.494 e. The highest BCUT2D eigenvalue weighted by atomic mass is 16.5. The van der Waals surface area contributed by atoms with Gasteiger partial charge in [-0.25, -0.2) is 0 Å². The van der Waals surface area contributed by atoms with Crippen molar-refractivity contribution in [1.29, 1.82) is 0 Å². The number of hydrogen-bond donors (Lipinski definition) is 1. The summed E-state index contributed by atoms with van der Waals surface area (Å²) in [5.74, 6) is 0.878. The summed E-state index contributed by atoms with van der Waals surface area (Å²) < 4.78 is 11.1. The molecule has 122 valence electrons. The van der Waals surface area contributed by atoms with Crippen molar-refractivity contribution in [2.45, 2.75) is 32.9 Å². The quantitative estimate of drug-likeness (QED) is 0.871. The number of nitrogens with one attached hydrogen (secondary N) is 1. The van der Waals surface area contributed by atoms with Gasteiger partial charge in [0.1, 0.15) is 5.75 Å². The second-order valence-electron chi connectivity index (χ2n) is 6.18. The van der Waals surface area contributed by atoms with E-state index in [0.717, 1.165) is 24.4 Å². The van der Waals surface area contributed by atoms with Crippen LogP contribution in [0.1, 0.15) is 26.3 Å². The van der Waals surface area contributed by atoms with Crippen molar-refractivity contribution in [1.82, 2.24) is 10.2 Å². The maximum atomic E-state index is 12.1. The molecule has 22 heavy (non-hydrogen) atoms. The van der Waals surface area contributed by atoms with E-state index in [9.17, 15) is 4.79 Å². The molecule has 1 aromatic rings. The van der Waals surface area contributed by atoms with Crippen LogP contribution in [0.4, 0.5) is 0 Å². The first kappa shape index (κ1) is 16.8. The summed E-state index contributed by atoms with van der Waals surface area (Å²) in [5.41, 5.74) is 0.867. The van der Waals surface area contributed by atoms with Gasteiger partial charge in [-0.3, -0.25) is 9.69 Å². The Kier molecular flexibility index (Phi) is 5.80. The van der Waals surface area contributed by atoms with Crippen molar-refractivity contribution in [3.8, 4) is 5.75 Å². The summed E-state index contributed by atoms with van der Waals surface area (Å²) in [7, 11) is 0. The topological polar surface area (TPSA) is 50.8 Å². The Hall–Kier alpha value is -1.59. The zero-order valence-electron chi connectivity index (χ0n) is 13.7. The van der Waals surface area contributed by atoms with Gasteiger partial charge in [0.2, 0.25) is 5.91 Å². The van der Waals surface area contributed by atoms with Crippen LogP contribution in [0.5, 0.6) is 5.75 Å². The zero-order chi connectivity index (χ0) is 16.0. The summed E-state index contributed by atoms with van der Waals surface area (Å²) >= 11 is 0. The minimum absolute atomic E-state index is 0.0412. The molecule has 5 heteroatoms. The van der Waals surface area contributed by atoms with E-state index in [4.69, 9.17) is 9.47 Å². The first-order valence-corrected chi connectivity index (χ1v) is 7.83. The highest BCUT2D eigenvalue weighted by Crippen LogP contribution is 2.16. The van der Waals surface area contributed by atoms with Crippen molar-refractivity contribution in [3.63, 3.8) is 0 Å². The van der Waals surface area contributed by atoms with Crippen molar-refractivity contribution in [3.05, 3.63) is 29.8 Å². The van der Waals surface area contributed by atoms with Gasteiger partial charge >= 0.3 is 0 Å². The number of rotatable bonds is 6. The Morgan fingerprint density at radius 1 is 1.45 bits per heavy atom. The van der Waals surface area contributed by atoms with E-state index < -0.39 is 0 Å². The minimum Gasteiger partial charge on any atom is -0.494 e. The molecule has 1 amide bonds. The number of carbonyl (C=O) groups excluding carboxylic acids is 1. The SMILES string of the molecule is CCOc1cccc(CNC(=O)CN2CCOC(C)(C)C2)c1. The van der Waals surface area contributed by atoms with Crippen molar-refractivity contribution >= 4 is 5.91 Å². The molecule has 0 spiro atoms. The van der Waals surface area contributed by atoms with Gasteiger partial charge in [0.15, 0.2) is 0 Å². The van der Waals surface area contributed by atoms with E-state index in [1.54, 1.807) is 0 Å². The van der Waals surface area contributed by atoms with Gasteiger partial charge in [-0.1, -0.05) is 12.1 Å². The Morgan fingerprint density at radius 3 is 3.00 bits per heavy atom. The molecule has 0 saturated carbocycles. The van der Waals surface area contributed by atoms with Crippen LogP contribution in [0, 0.1) is 0 Å². The molecule has 0 aliphatic carbocycles. The molecular weight excluding hydrogens is 280 g/mol. The maximum absolute atomic E-state index is 12.1. The monoisotopic (exact) mass is 306 g/mol. The summed E-state index contributed by atoms with van der Waals surface area (Å²) in [6.45, 7) is 9.90. The summed E-state index contributed by atoms with van der Waals surface area (Å²) in [6.07, 6.45) is 0. The number of ether oxygens (including phenoxy) is 2. The lowest BCUT2D eigenvalue weighted by Gasteiger charge is -2.37. The molecule has 5 nitrogen and oxygen atoms in total. The number of amides is 1. The van der Waals surface area contributed by atoms with E-state index in [2.05, 4.69) is 24.1 Å². The lowest BCUT2D eigenvalue weighted by atomic mass is 10.1. The summed E-state index contributed by atoms with van der Waals surface area (Å²) in [4.78, 5) is 14.2. The van der Waals surface area contributed by atoms with Crippen LogP contribution in [-0.4, -0.2) is 49.3 Å².